The number of carbonyl (C=O) groups excluding carboxylic acids is 2. The number of urea groups is 1. The fourth-order valence-corrected chi connectivity index (χ4v) is 2.06. The molecule has 0 aliphatic carbocycles. The van der Waals surface area contributed by atoms with Crippen LogP contribution in [0.1, 0.15) is 6.92 Å². The number of rotatable bonds is 6. The first-order valence-corrected chi connectivity index (χ1v) is 7.91. The van der Waals surface area contributed by atoms with Crippen molar-refractivity contribution < 1.29 is 14.7 Å². The van der Waals surface area contributed by atoms with Gasteiger partial charge in [0, 0.05) is 0 Å². The lowest BCUT2D eigenvalue weighted by atomic mass is 10.1. The summed E-state index contributed by atoms with van der Waals surface area (Å²) in [6.45, 7) is 1.10. The number of nitrogens with zero attached hydrogens (tertiary/aromatic N) is 3. The van der Waals surface area contributed by atoms with Gasteiger partial charge in [-0.25, -0.2) is 19.7 Å². The fraction of sp³-hybridized carbons (Fsp3) is 0.417. The lowest BCUT2D eigenvalue weighted by Crippen LogP contribution is -2.46. The topological polar surface area (TPSA) is 159 Å². The van der Waals surface area contributed by atoms with Crippen LogP contribution in [0.3, 0.4) is 0 Å². The van der Waals surface area contributed by atoms with E-state index in [1.165, 1.54) is 25.0 Å². The molecular weight excluding hydrogens is 322 g/mol. The maximum absolute atomic E-state index is 11.9. The van der Waals surface area contributed by atoms with Crippen LogP contribution in [0.2, 0.25) is 0 Å². The Morgan fingerprint density at radius 1 is 1.48 bits per heavy atom. The van der Waals surface area contributed by atoms with Gasteiger partial charge >= 0.3 is 6.03 Å². The minimum atomic E-state index is -1.05. The zero-order valence-electron chi connectivity index (χ0n) is 12.5. The van der Waals surface area contributed by atoms with Crippen molar-refractivity contribution in [3.05, 3.63) is 6.33 Å². The molecule has 0 aliphatic heterocycles. The average molecular weight is 339 g/mol. The number of hydrogen-bond acceptors (Lipinski definition) is 8. The van der Waals surface area contributed by atoms with Crippen molar-refractivity contribution in [1.82, 2.24) is 25.3 Å². The highest BCUT2D eigenvalue weighted by molar-refractivity contribution is 7.98. The van der Waals surface area contributed by atoms with Crippen LogP contribution in [-0.2, 0) is 4.79 Å². The van der Waals surface area contributed by atoms with Crippen LogP contribution in [0, 0.1) is 0 Å². The average Bonchev–Trinajstić information content (AvgIpc) is 3.00. The van der Waals surface area contributed by atoms with E-state index < -0.39 is 24.0 Å². The van der Waals surface area contributed by atoms with Crippen LogP contribution in [0.25, 0.3) is 11.2 Å². The quantitative estimate of drug-likeness (QED) is 0.347. The Morgan fingerprint density at radius 3 is 2.87 bits per heavy atom. The van der Waals surface area contributed by atoms with Gasteiger partial charge in [-0.3, -0.25) is 10.1 Å². The van der Waals surface area contributed by atoms with E-state index in [4.69, 9.17) is 5.73 Å². The van der Waals surface area contributed by atoms with Crippen LogP contribution in [0.4, 0.5) is 10.6 Å². The molecule has 2 rings (SSSR count). The van der Waals surface area contributed by atoms with Crippen molar-refractivity contribution in [3.8, 4) is 0 Å². The highest BCUT2D eigenvalue weighted by Crippen LogP contribution is 2.20. The van der Waals surface area contributed by atoms with Gasteiger partial charge < -0.3 is 21.1 Å². The van der Waals surface area contributed by atoms with Crippen molar-refractivity contribution in [2.75, 3.05) is 18.1 Å². The highest BCUT2D eigenvalue weighted by atomic mass is 32.2. The van der Waals surface area contributed by atoms with E-state index in [0.717, 1.165) is 0 Å². The van der Waals surface area contributed by atoms with Crippen LogP contribution in [0.5, 0.6) is 0 Å². The molecule has 0 aliphatic rings. The van der Waals surface area contributed by atoms with Gasteiger partial charge in [0.25, 0.3) is 0 Å². The molecule has 2 atom stereocenters. The molecule has 0 saturated heterocycles. The minimum Gasteiger partial charge on any atom is -0.391 e. The van der Waals surface area contributed by atoms with Gasteiger partial charge in [0.2, 0.25) is 0 Å². The number of hydrogen-bond donors (Lipinski definition) is 5. The van der Waals surface area contributed by atoms with Crippen LogP contribution in [0.15, 0.2) is 11.5 Å². The number of aliphatic hydroxyl groups excluding tert-OH is 1. The highest BCUT2D eigenvalue weighted by Gasteiger charge is 2.19. The number of aliphatic hydroxyl groups is 1. The first-order chi connectivity index (χ1) is 10.9. The van der Waals surface area contributed by atoms with Crippen LogP contribution < -0.4 is 16.4 Å². The molecule has 11 heteroatoms. The number of anilines is 1. The number of nitrogens with one attached hydrogen (secondary N) is 3. The van der Waals surface area contributed by atoms with Gasteiger partial charge in [-0.05, 0) is 13.2 Å². The molecule has 23 heavy (non-hydrogen) atoms. The Hall–Kier alpha value is -2.24. The Kier molecular flexibility index (Phi) is 5.47. The normalized spacial score (nSPS) is 13.6. The molecule has 0 saturated carbocycles. The van der Waals surface area contributed by atoms with Gasteiger partial charge in [-0.1, -0.05) is 11.8 Å². The zero-order valence-corrected chi connectivity index (χ0v) is 13.3. The standard InChI is InChI=1S/C12H17N7O3S/c1-5(20)7(13)6(21)3-14-11(22)17-10-8-9(16-4-15-8)18-12(19-10)23-2/h4-5,7,20H,3,13H2,1-2H3,(H3,14,15,16,17,18,19,22)/t5-,7+/m1/s1. The summed E-state index contributed by atoms with van der Waals surface area (Å²) in [5.74, 6) is -0.252. The number of aromatic amines is 1. The monoisotopic (exact) mass is 339 g/mol. The van der Waals surface area contributed by atoms with E-state index in [1.807, 2.05) is 0 Å². The number of fused-ring (bicyclic) bond motifs is 1. The van der Waals surface area contributed by atoms with Crippen LogP contribution in [-0.4, -0.2) is 61.8 Å². The maximum atomic E-state index is 11.9. The maximum Gasteiger partial charge on any atom is 0.320 e. The Bertz CT molecular complexity index is 718. The van der Waals surface area contributed by atoms with E-state index in [2.05, 4.69) is 30.6 Å². The largest absolute Gasteiger partial charge is 0.391 e. The summed E-state index contributed by atoms with van der Waals surface area (Å²) in [4.78, 5) is 38.8. The Labute approximate surface area is 135 Å². The lowest BCUT2D eigenvalue weighted by molar-refractivity contribution is -0.121. The molecule has 0 aromatic carbocycles. The number of aromatic nitrogens is 4. The molecular formula is C12H17N7O3S. The number of H-pyrrole nitrogens is 1. The Morgan fingerprint density at radius 2 is 2.22 bits per heavy atom. The molecule has 2 amide bonds. The summed E-state index contributed by atoms with van der Waals surface area (Å²) in [5.41, 5.74) is 6.39. The summed E-state index contributed by atoms with van der Waals surface area (Å²) in [6.07, 6.45) is 2.26. The predicted octanol–water partition coefficient (Wildman–Crippen LogP) is -0.526. The number of nitrogens with two attached hydrogens (primary N) is 1. The molecule has 10 nitrogen and oxygen atoms in total. The molecule has 2 aromatic rings. The smallest absolute Gasteiger partial charge is 0.320 e. The van der Waals surface area contributed by atoms with Crippen molar-refractivity contribution in [3.63, 3.8) is 0 Å². The van der Waals surface area contributed by atoms with Gasteiger partial charge in [0.1, 0.15) is 0 Å². The van der Waals surface area contributed by atoms with E-state index in [-0.39, 0.29) is 12.4 Å². The molecule has 0 bridgehead atoms. The summed E-state index contributed by atoms with van der Waals surface area (Å²) in [7, 11) is 0. The van der Waals surface area contributed by atoms with E-state index in [9.17, 15) is 14.7 Å². The predicted molar refractivity (Wildman–Crippen MR) is 85.1 cm³/mol. The van der Waals surface area contributed by atoms with E-state index in [1.54, 1.807) is 6.26 Å². The SMILES string of the molecule is CSc1nc(NC(=O)NCC(=O)[C@@H](N)[C@@H](C)O)c2nc[nH]c2n1. The van der Waals surface area contributed by atoms with Gasteiger partial charge in [-0.2, -0.15) is 0 Å². The van der Waals surface area contributed by atoms with Crippen molar-refractivity contribution in [2.24, 2.45) is 5.73 Å². The first-order valence-electron chi connectivity index (χ1n) is 6.68. The summed E-state index contributed by atoms with van der Waals surface area (Å²) in [5, 5.41) is 14.6. The summed E-state index contributed by atoms with van der Waals surface area (Å²) >= 11 is 1.31. The molecule has 0 spiro atoms. The molecule has 6 N–H and O–H groups in total. The minimum absolute atomic E-state index is 0.227. The second kappa shape index (κ2) is 7.35. The molecule has 2 heterocycles. The number of Topliss-reactive ketones (excluding diaryl/α,β-unsaturated/α-hetero) is 1. The van der Waals surface area contributed by atoms with Gasteiger partial charge in [-0.15, -0.1) is 0 Å². The van der Waals surface area contributed by atoms with Crippen molar-refractivity contribution in [2.45, 2.75) is 24.2 Å². The number of amides is 2. The van der Waals surface area contributed by atoms with E-state index in [0.29, 0.717) is 16.3 Å². The third kappa shape index (κ3) is 4.15. The molecule has 124 valence electrons. The third-order valence-electron chi connectivity index (χ3n) is 2.99. The Balaban J connectivity index is 2.03. The number of imidazole rings is 1. The second-order valence-electron chi connectivity index (χ2n) is 4.70. The summed E-state index contributed by atoms with van der Waals surface area (Å²) < 4.78 is 0. The lowest BCUT2D eigenvalue weighted by Gasteiger charge is -2.14. The molecule has 0 unspecified atom stereocenters. The number of thioether (sulfide) groups is 1. The zero-order chi connectivity index (χ0) is 17.0. The fourth-order valence-electron chi connectivity index (χ4n) is 1.70. The molecule has 2 aromatic heterocycles. The molecule has 0 fully saturated rings. The van der Waals surface area contributed by atoms with Crippen LogP contribution >= 0.6 is 11.8 Å². The summed E-state index contributed by atoms with van der Waals surface area (Å²) in [6, 6.07) is -1.68. The first kappa shape index (κ1) is 17.1. The van der Waals surface area contributed by atoms with Crippen molar-refractivity contribution >= 4 is 40.6 Å². The second-order valence-corrected chi connectivity index (χ2v) is 5.47. The van der Waals surface area contributed by atoms with Gasteiger partial charge in [0.15, 0.2) is 27.9 Å². The van der Waals surface area contributed by atoms with E-state index >= 15 is 0 Å². The third-order valence-corrected chi connectivity index (χ3v) is 3.54. The van der Waals surface area contributed by atoms with Crippen molar-refractivity contribution in [1.29, 1.82) is 0 Å². The van der Waals surface area contributed by atoms with Gasteiger partial charge in [0.05, 0.1) is 25.0 Å². The number of ketones is 1. The molecule has 0 radical (unpaired) electrons. The number of carbonyl (C=O) groups is 2.